The molecule has 0 saturated heterocycles. The zero-order valence-electron chi connectivity index (χ0n) is 23.9. The summed E-state index contributed by atoms with van der Waals surface area (Å²) in [5, 5.41) is 10.6. The number of carboxylic acids is 1. The van der Waals surface area contributed by atoms with Crippen molar-refractivity contribution in [2.24, 2.45) is 0 Å². The molecule has 41 heavy (non-hydrogen) atoms. The van der Waals surface area contributed by atoms with Crippen LogP contribution in [-0.2, 0) is 39.1 Å². The van der Waals surface area contributed by atoms with E-state index >= 15 is 0 Å². The Labute approximate surface area is 241 Å². The summed E-state index contributed by atoms with van der Waals surface area (Å²) in [4.78, 5) is 12.9. The third-order valence-electron chi connectivity index (χ3n) is 8.09. The highest BCUT2D eigenvalue weighted by atomic mass is 32.2. The standard InChI is InChI=1S/C32H36N2O6S/c1-20-25-19-34(23-11-6-5-7-12-23)41(37,38)33-16-8-13-24(29(25)33)28(30(31(35)36)40-32(2,3)4)27(20)22-14-15-26-21(18-22)10-9-17-39-26/h5-7,11-12,14-15,18,30H,8-10,13,16-17,19H2,1-4H3,(H,35,36)/t30-/m0/s1. The molecule has 0 saturated carbocycles. The van der Waals surface area contributed by atoms with Crippen molar-refractivity contribution in [1.29, 1.82) is 0 Å². The summed E-state index contributed by atoms with van der Waals surface area (Å²) in [6.07, 6.45) is 1.66. The number of carboxylic acid groups (broad SMARTS) is 1. The number of aryl methyl sites for hydroxylation is 1. The summed E-state index contributed by atoms with van der Waals surface area (Å²) in [6.45, 7) is 8.67. The summed E-state index contributed by atoms with van der Waals surface area (Å²) in [6, 6.07) is 15.2. The van der Waals surface area contributed by atoms with Gasteiger partial charge in [-0.05, 0) is 105 Å². The molecule has 0 spiro atoms. The zero-order chi connectivity index (χ0) is 29.1. The van der Waals surface area contributed by atoms with Gasteiger partial charge in [0.1, 0.15) is 5.75 Å². The number of hydrogen-bond donors (Lipinski definition) is 1. The lowest BCUT2D eigenvalue weighted by Gasteiger charge is -2.44. The number of carbonyl (C=O) groups is 1. The van der Waals surface area contributed by atoms with E-state index in [-0.39, 0.29) is 6.54 Å². The number of fused-ring (bicyclic) bond motifs is 1. The summed E-state index contributed by atoms with van der Waals surface area (Å²) in [5.41, 5.74) is 6.30. The lowest BCUT2D eigenvalue weighted by atomic mass is 9.80. The summed E-state index contributed by atoms with van der Waals surface area (Å²) in [5.74, 6) is -0.244. The Balaban J connectivity index is 1.66. The van der Waals surface area contributed by atoms with Gasteiger partial charge in [-0.25, -0.2) is 9.10 Å². The van der Waals surface area contributed by atoms with Crippen molar-refractivity contribution in [1.82, 2.24) is 0 Å². The molecule has 216 valence electrons. The van der Waals surface area contributed by atoms with Crippen LogP contribution in [0.1, 0.15) is 67.5 Å². The third kappa shape index (κ3) is 4.75. The molecule has 3 aliphatic rings. The first-order valence-corrected chi connectivity index (χ1v) is 15.6. The number of anilines is 2. The van der Waals surface area contributed by atoms with Crippen LogP contribution in [0.25, 0.3) is 11.1 Å². The number of benzene rings is 3. The van der Waals surface area contributed by atoms with E-state index in [2.05, 4.69) is 6.07 Å². The highest BCUT2D eigenvalue weighted by molar-refractivity contribution is 7.94. The van der Waals surface area contributed by atoms with E-state index in [0.717, 1.165) is 52.0 Å². The molecular weight excluding hydrogens is 540 g/mol. The van der Waals surface area contributed by atoms with Gasteiger partial charge in [0.25, 0.3) is 0 Å². The van der Waals surface area contributed by atoms with Gasteiger partial charge in [-0.1, -0.05) is 24.3 Å². The van der Waals surface area contributed by atoms with Gasteiger partial charge < -0.3 is 14.6 Å². The fraction of sp³-hybridized carbons (Fsp3) is 0.406. The molecular formula is C32H36N2O6S. The third-order valence-corrected chi connectivity index (χ3v) is 9.91. The smallest absolute Gasteiger partial charge is 0.337 e. The van der Waals surface area contributed by atoms with Gasteiger partial charge in [-0.3, -0.25) is 4.31 Å². The monoisotopic (exact) mass is 576 g/mol. The second-order valence-corrected chi connectivity index (χ2v) is 13.7. The van der Waals surface area contributed by atoms with Crippen LogP contribution < -0.4 is 13.3 Å². The fourth-order valence-corrected chi connectivity index (χ4v) is 8.14. The predicted molar refractivity (Wildman–Crippen MR) is 159 cm³/mol. The predicted octanol–water partition coefficient (Wildman–Crippen LogP) is 5.95. The fourth-order valence-electron chi connectivity index (χ4n) is 6.41. The van der Waals surface area contributed by atoms with Crippen molar-refractivity contribution in [2.45, 2.75) is 71.6 Å². The van der Waals surface area contributed by atoms with E-state index in [0.29, 0.717) is 42.9 Å². The molecule has 6 rings (SSSR count). The Morgan fingerprint density at radius 1 is 1.02 bits per heavy atom. The van der Waals surface area contributed by atoms with E-state index in [9.17, 15) is 18.3 Å². The van der Waals surface area contributed by atoms with E-state index in [1.807, 2.05) is 58.0 Å². The molecule has 1 N–H and O–H groups in total. The molecule has 1 atom stereocenters. The Bertz CT molecular complexity index is 1630. The normalized spacial score (nSPS) is 18.2. The van der Waals surface area contributed by atoms with Gasteiger partial charge in [0.15, 0.2) is 6.10 Å². The van der Waals surface area contributed by atoms with Crippen LogP contribution in [0, 0.1) is 6.92 Å². The van der Waals surface area contributed by atoms with Crippen LogP contribution in [0.2, 0.25) is 0 Å². The number of aliphatic carboxylic acids is 1. The Hall–Kier alpha value is -3.56. The topological polar surface area (TPSA) is 96.4 Å². The minimum atomic E-state index is -3.89. The molecule has 8 nitrogen and oxygen atoms in total. The van der Waals surface area contributed by atoms with E-state index in [4.69, 9.17) is 9.47 Å². The summed E-state index contributed by atoms with van der Waals surface area (Å²) >= 11 is 0. The zero-order valence-corrected chi connectivity index (χ0v) is 24.8. The molecule has 0 radical (unpaired) electrons. The molecule has 0 aromatic heterocycles. The first-order valence-electron chi connectivity index (χ1n) is 14.2. The van der Waals surface area contributed by atoms with Crippen LogP contribution in [-0.4, -0.2) is 38.2 Å². The van der Waals surface area contributed by atoms with Crippen LogP contribution in [0.15, 0.2) is 48.5 Å². The molecule has 3 aromatic carbocycles. The first kappa shape index (κ1) is 27.6. The summed E-state index contributed by atoms with van der Waals surface area (Å²) < 4.78 is 43.2. The van der Waals surface area contributed by atoms with Crippen molar-refractivity contribution in [2.75, 3.05) is 21.8 Å². The maximum absolute atomic E-state index is 14.1. The minimum Gasteiger partial charge on any atom is -0.493 e. The van der Waals surface area contributed by atoms with Gasteiger partial charge in [0, 0.05) is 17.7 Å². The number of ether oxygens (including phenoxy) is 2. The molecule has 3 heterocycles. The largest absolute Gasteiger partial charge is 0.493 e. The lowest BCUT2D eigenvalue weighted by Crippen LogP contribution is -2.50. The highest BCUT2D eigenvalue weighted by Crippen LogP contribution is 2.50. The Morgan fingerprint density at radius 2 is 1.78 bits per heavy atom. The average molecular weight is 577 g/mol. The maximum atomic E-state index is 14.1. The maximum Gasteiger partial charge on any atom is 0.337 e. The quantitative estimate of drug-likeness (QED) is 0.404. The Morgan fingerprint density at radius 3 is 2.49 bits per heavy atom. The second-order valence-electron chi connectivity index (χ2n) is 12.0. The SMILES string of the molecule is Cc1c2c3c(c([C@H](OC(C)(C)C)C(=O)O)c1-c1ccc4c(c1)CCCO4)CCCN3S(=O)(=O)N(c1ccccc1)C2. The first-order chi connectivity index (χ1) is 19.5. The van der Waals surface area contributed by atoms with Gasteiger partial charge in [0.2, 0.25) is 0 Å². The molecule has 0 bridgehead atoms. The lowest BCUT2D eigenvalue weighted by molar-refractivity contribution is -0.160. The molecule has 3 aliphatic heterocycles. The molecule has 0 amide bonds. The average Bonchev–Trinajstić information content (AvgIpc) is 2.94. The van der Waals surface area contributed by atoms with Crippen molar-refractivity contribution in [3.05, 3.63) is 76.3 Å². The van der Waals surface area contributed by atoms with Crippen LogP contribution >= 0.6 is 0 Å². The van der Waals surface area contributed by atoms with E-state index in [1.54, 1.807) is 12.1 Å². The number of para-hydroxylation sites is 1. The molecule has 0 unspecified atom stereocenters. The molecule has 3 aromatic rings. The number of nitrogens with zero attached hydrogens (tertiary/aromatic N) is 2. The van der Waals surface area contributed by atoms with Crippen molar-refractivity contribution >= 4 is 27.6 Å². The highest BCUT2D eigenvalue weighted by Gasteiger charge is 2.44. The number of hydrogen-bond acceptors (Lipinski definition) is 5. The molecule has 0 aliphatic carbocycles. The van der Waals surface area contributed by atoms with E-state index in [1.165, 1.54) is 8.61 Å². The Kier molecular flexibility index (Phi) is 6.77. The van der Waals surface area contributed by atoms with Crippen molar-refractivity contribution < 1.29 is 27.8 Å². The molecule has 0 fully saturated rings. The minimum absolute atomic E-state index is 0.163. The van der Waals surface area contributed by atoms with Crippen molar-refractivity contribution in [3.8, 4) is 16.9 Å². The number of rotatable bonds is 5. The molecule has 9 heteroatoms. The van der Waals surface area contributed by atoms with Crippen LogP contribution in [0.3, 0.4) is 0 Å². The van der Waals surface area contributed by atoms with Crippen molar-refractivity contribution in [3.63, 3.8) is 0 Å². The van der Waals surface area contributed by atoms with Crippen LogP contribution in [0.5, 0.6) is 5.75 Å². The van der Waals surface area contributed by atoms with Gasteiger partial charge >= 0.3 is 16.2 Å². The van der Waals surface area contributed by atoms with E-state index < -0.39 is 27.9 Å². The van der Waals surface area contributed by atoms with Gasteiger partial charge in [-0.15, -0.1) is 0 Å². The second kappa shape index (κ2) is 10.1. The van der Waals surface area contributed by atoms with Gasteiger partial charge in [-0.2, -0.15) is 8.42 Å². The summed E-state index contributed by atoms with van der Waals surface area (Å²) in [7, 11) is -3.89. The van der Waals surface area contributed by atoms with Gasteiger partial charge in [0.05, 0.1) is 30.1 Å². The van der Waals surface area contributed by atoms with Crippen LogP contribution in [0.4, 0.5) is 11.4 Å².